The molecule has 0 unspecified atom stereocenters. The molecule has 1 N–H and O–H groups in total. The molecule has 0 saturated carbocycles. The van der Waals surface area contributed by atoms with Crippen molar-refractivity contribution in [3.63, 3.8) is 0 Å². The van der Waals surface area contributed by atoms with Gasteiger partial charge in [-0.3, -0.25) is 14.7 Å². The first-order chi connectivity index (χ1) is 18.1. The first kappa shape index (κ1) is 27.6. The van der Waals surface area contributed by atoms with E-state index in [1.54, 1.807) is 31.3 Å². The van der Waals surface area contributed by atoms with Crippen LogP contribution in [0.25, 0.3) is 10.9 Å². The molecule has 204 valence electrons. The molecule has 0 aliphatic carbocycles. The Kier molecular flexibility index (Phi) is 8.40. The molecule has 38 heavy (non-hydrogen) atoms. The normalized spacial score (nSPS) is 16.4. The fraction of sp³-hybridized carbons (Fsp3) is 0.429. The number of ether oxygens (including phenoxy) is 2. The van der Waals surface area contributed by atoms with Crippen molar-refractivity contribution in [1.82, 2.24) is 9.88 Å². The summed E-state index contributed by atoms with van der Waals surface area (Å²) in [7, 11) is 1.54. The van der Waals surface area contributed by atoms with Gasteiger partial charge in [0.05, 0.1) is 18.0 Å². The lowest BCUT2D eigenvalue weighted by molar-refractivity contribution is -0.153. The van der Waals surface area contributed by atoms with Crippen molar-refractivity contribution in [2.45, 2.75) is 38.8 Å². The number of carboxylic acids is 1. The molecule has 1 saturated heterocycles. The van der Waals surface area contributed by atoms with Gasteiger partial charge in [0, 0.05) is 30.3 Å². The van der Waals surface area contributed by atoms with Gasteiger partial charge < -0.3 is 14.6 Å². The van der Waals surface area contributed by atoms with Crippen LogP contribution in [0, 0.1) is 29.8 Å². The number of carbonyl (C=O) groups is 1. The third-order valence-electron chi connectivity index (χ3n) is 7.41. The minimum absolute atomic E-state index is 0.0499. The van der Waals surface area contributed by atoms with Gasteiger partial charge in [-0.2, -0.15) is 0 Å². The molecule has 3 aromatic rings. The molecular formula is C28H30F4N2O4. The van der Waals surface area contributed by atoms with Crippen LogP contribution in [0.5, 0.6) is 11.5 Å². The van der Waals surface area contributed by atoms with Crippen molar-refractivity contribution >= 4 is 16.9 Å². The molecule has 0 amide bonds. The van der Waals surface area contributed by atoms with Crippen molar-refractivity contribution < 1.29 is 36.9 Å². The zero-order chi connectivity index (χ0) is 27.4. The van der Waals surface area contributed by atoms with E-state index in [9.17, 15) is 23.1 Å². The maximum Gasteiger partial charge on any atom is 0.309 e. The Balaban J connectivity index is 1.36. The van der Waals surface area contributed by atoms with Gasteiger partial charge in [0.1, 0.15) is 24.3 Å². The van der Waals surface area contributed by atoms with Crippen molar-refractivity contribution in [3.05, 3.63) is 65.1 Å². The zero-order valence-corrected chi connectivity index (χ0v) is 21.3. The van der Waals surface area contributed by atoms with Gasteiger partial charge in [-0.15, -0.1) is 0 Å². The van der Waals surface area contributed by atoms with Gasteiger partial charge in [-0.05, 0) is 75.0 Å². The van der Waals surface area contributed by atoms with E-state index in [-0.39, 0.29) is 25.2 Å². The van der Waals surface area contributed by atoms with E-state index in [2.05, 4.69) is 4.98 Å². The second-order valence-corrected chi connectivity index (χ2v) is 9.72. The number of aryl methyl sites for hydroxylation is 1. The molecule has 1 atom stereocenters. The van der Waals surface area contributed by atoms with Crippen LogP contribution in [-0.2, 0) is 4.79 Å². The summed E-state index contributed by atoms with van der Waals surface area (Å²) in [6, 6.07) is 6.84. The number of hydrogen-bond donors (Lipinski definition) is 1. The Labute approximate surface area is 218 Å². The smallest absolute Gasteiger partial charge is 0.309 e. The average Bonchev–Trinajstić information content (AvgIpc) is 2.90. The maximum atomic E-state index is 15.7. The van der Waals surface area contributed by atoms with E-state index in [1.807, 2.05) is 4.90 Å². The SMILES string of the molecule is COc1ccc2ncc(C)c([C@@H](F)CCC3(C(=O)O)CCN(CCOc4cc(F)c(F)c(F)c4)CC3)c2c1. The number of hydrogen-bond acceptors (Lipinski definition) is 5. The minimum atomic E-state index is -1.55. The molecule has 0 radical (unpaired) electrons. The lowest BCUT2D eigenvalue weighted by Gasteiger charge is -2.39. The molecule has 1 aromatic heterocycles. The number of methoxy groups -OCH3 is 1. The van der Waals surface area contributed by atoms with Crippen LogP contribution in [0.1, 0.15) is 43.0 Å². The highest BCUT2D eigenvalue weighted by molar-refractivity contribution is 5.85. The van der Waals surface area contributed by atoms with Gasteiger partial charge in [-0.1, -0.05) is 0 Å². The molecule has 4 rings (SSSR count). The van der Waals surface area contributed by atoms with E-state index in [4.69, 9.17) is 9.47 Å². The molecule has 1 fully saturated rings. The van der Waals surface area contributed by atoms with Crippen molar-refractivity contribution in [2.24, 2.45) is 5.41 Å². The fourth-order valence-electron chi connectivity index (χ4n) is 5.07. The highest BCUT2D eigenvalue weighted by Gasteiger charge is 2.41. The zero-order valence-electron chi connectivity index (χ0n) is 21.3. The summed E-state index contributed by atoms with van der Waals surface area (Å²) in [4.78, 5) is 18.6. The highest BCUT2D eigenvalue weighted by atomic mass is 19.2. The lowest BCUT2D eigenvalue weighted by atomic mass is 9.74. The standard InChI is InChI=1S/C28H30F4N2O4/c1-17-16-33-24-4-3-18(37-2)13-20(24)25(17)21(29)5-6-28(27(35)36)7-9-34(10-8-28)11-12-38-19-14-22(30)26(32)23(31)15-19/h3-4,13-16,21H,5-12H2,1-2H3,(H,35,36)/t21-/m0/s1. The van der Waals surface area contributed by atoms with Crippen molar-refractivity contribution in [1.29, 1.82) is 0 Å². The van der Waals surface area contributed by atoms with Gasteiger partial charge >= 0.3 is 5.97 Å². The number of pyridine rings is 1. The van der Waals surface area contributed by atoms with E-state index in [0.717, 1.165) is 12.1 Å². The third kappa shape index (κ3) is 5.85. The van der Waals surface area contributed by atoms with E-state index >= 15 is 4.39 Å². The molecule has 2 aromatic carbocycles. The third-order valence-corrected chi connectivity index (χ3v) is 7.41. The predicted molar refractivity (Wildman–Crippen MR) is 134 cm³/mol. The van der Waals surface area contributed by atoms with Gasteiger partial charge in [0.25, 0.3) is 0 Å². The summed E-state index contributed by atoms with van der Waals surface area (Å²) in [6.45, 7) is 3.18. The van der Waals surface area contributed by atoms with Crippen LogP contribution < -0.4 is 9.47 Å². The molecule has 1 aliphatic rings. The molecule has 6 nitrogen and oxygen atoms in total. The second-order valence-electron chi connectivity index (χ2n) is 9.72. The van der Waals surface area contributed by atoms with Crippen LogP contribution in [-0.4, -0.2) is 54.3 Å². The Morgan fingerprint density at radius 2 is 1.82 bits per heavy atom. The number of nitrogens with zero attached hydrogens (tertiary/aromatic N) is 2. The second kappa shape index (κ2) is 11.6. The largest absolute Gasteiger partial charge is 0.497 e. The molecule has 10 heteroatoms. The number of aromatic nitrogens is 1. The number of rotatable bonds is 10. The summed E-state index contributed by atoms with van der Waals surface area (Å²) in [5, 5.41) is 10.7. The Morgan fingerprint density at radius 1 is 1.13 bits per heavy atom. The molecule has 0 bridgehead atoms. The number of alkyl halides is 1. The monoisotopic (exact) mass is 534 g/mol. The molecular weight excluding hydrogens is 504 g/mol. The Morgan fingerprint density at radius 3 is 2.45 bits per heavy atom. The number of aliphatic carboxylic acids is 1. The van der Waals surface area contributed by atoms with E-state index in [0.29, 0.717) is 60.3 Å². The number of carboxylic acid groups (broad SMARTS) is 1. The van der Waals surface area contributed by atoms with Crippen LogP contribution in [0.4, 0.5) is 17.6 Å². The van der Waals surface area contributed by atoms with Crippen LogP contribution in [0.2, 0.25) is 0 Å². The van der Waals surface area contributed by atoms with Gasteiger partial charge in [0.2, 0.25) is 0 Å². The molecule has 1 aliphatic heterocycles. The molecule has 0 spiro atoms. The first-order valence-electron chi connectivity index (χ1n) is 12.4. The lowest BCUT2D eigenvalue weighted by Crippen LogP contribution is -2.45. The number of fused-ring (bicyclic) bond motifs is 1. The quantitative estimate of drug-likeness (QED) is 0.254. The Bertz CT molecular complexity index is 1290. The Hall–Kier alpha value is -3.40. The topological polar surface area (TPSA) is 71.9 Å². The number of benzene rings is 2. The molecule has 2 heterocycles. The van der Waals surface area contributed by atoms with E-state index in [1.165, 1.54) is 7.11 Å². The van der Waals surface area contributed by atoms with Gasteiger partial charge in [-0.25, -0.2) is 17.6 Å². The first-order valence-corrected chi connectivity index (χ1v) is 12.4. The van der Waals surface area contributed by atoms with Crippen LogP contribution in [0.15, 0.2) is 36.5 Å². The van der Waals surface area contributed by atoms with Crippen molar-refractivity contribution in [2.75, 3.05) is 33.4 Å². The fourth-order valence-corrected chi connectivity index (χ4v) is 5.07. The summed E-state index contributed by atoms with van der Waals surface area (Å²) in [5.41, 5.74) is 0.777. The van der Waals surface area contributed by atoms with Crippen molar-refractivity contribution in [3.8, 4) is 11.5 Å². The minimum Gasteiger partial charge on any atom is -0.497 e. The van der Waals surface area contributed by atoms with E-state index < -0.39 is 35.0 Å². The number of piperidine rings is 1. The number of likely N-dealkylation sites (tertiary alicyclic amines) is 1. The summed E-state index contributed by atoms with van der Waals surface area (Å²) < 4.78 is 66.1. The number of halogens is 4. The summed E-state index contributed by atoms with van der Waals surface area (Å²) in [6.07, 6.45) is 1.15. The van der Waals surface area contributed by atoms with Gasteiger partial charge in [0.15, 0.2) is 17.5 Å². The predicted octanol–water partition coefficient (Wildman–Crippen LogP) is 6.01. The van der Waals surface area contributed by atoms with Crippen LogP contribution in [0.3, 0.4) is 0 Å². The summed E-state index contributed by atoms with van der Waals surface area (Å²) >= 11 is 0. The average molecular weight is 535 g/mol. The summed E-state index contributed by atoms with van der Waals surface area (Å²) in [5.74, 6) is -4.69. The maximum absolute atomic E-state index is 15.7. The highest BCUT2D eigenvalue weighted by Crippen LogP contribution is 2.41. The van der Waals surface area contributed by atoms with Crippen LogP contribution >= 0.6 is 0 Å².